The molecule has 1 heterocycles. The molecule has 1 atom stereocenters. The van der Waals surface area contributed by atoms with E-state index in [1.54, 1.807) is 0 Å². The van der Waals surface area contributed by atoms with Crippen molar-refractivity contribution in [2.45, 2.75) is 64.9 Å². The summed E-state index contributed by atoms with van der Waals surface area (Å²) in [6.07, 6.45) is 5.25. The van der Waals surface area contributed by atoms with Crippen LogP contribution in [0.4, 0.5) is 0 Å². The summed E-state index contributed by atoms with van der Waals surface area (Å²) < 4.78 is 3.94. The fourth-order valence-corrected chi connectivity index (χ4v) is 2.56. The summed E-state index contributed by atoms with van der Waals surface area (Å²) >= 11 is 1.34. The number of hydrogen-bond acceptors (Lipinski definition) is 4. The second kappa shape index (κ2) is 6.97. The van der Waals surface area contributed by atoms with Crippen molar-refractivity contribution in [3.63, 3.8) is 0 Å². The van der Waals surface area contributed by atoms with Crippen LogP contribution in [0.15, 0.2) is 0 Å². The average molecular weight is 242 g/mol. The predicted octanol–water partition coefficient (Wildman–Crippen LogP) is 3.67. The van der Waals surface area contributed by atoms with E-state index in [1.807, 2.05) is 0 Å². The van der Waals surface area contributed by atoms with E-state index in [0.29, 0.717) is 5.92 Å². The zero-order valence-electron chi connectivity index (χ0n) is 10.4. The van der Waals surface area contributed by atoms with Gasteiger partial charge in [0.1, 0.15) is 0 Å². The average Bonchev–Trinajstić information content (AvgIpc) is 2.73. The largest absolute Gasteiger partial charge is 0.387 e. The highest BCUT2D eigenvalue weighted by Crippen LogP contribution is 2.29. The van der Waals surface area contributed by atoms with Crippen molar-refractivity contribution < 1.29 is 5.11 Å². The van der Waals surface area contributed by atoms with Crippen molar-refractivity contribution in [2.24, 2.45) is 0 Å². The predicted molar refractivity (Wildman–Crippen MR) is 67.7 cm³/mol. The molecule has 16 heavy (non-hydrogen) atoms. The van der Waals surface area contributed by atoms with Crippen LogP contribution < -0.4 is 0 Å². The van der Waals surface area contributed by atoms with Gasteiger partial charge in [-0.1, -0.05) is 50.9 Å². The summed E-state index contributed by atoms with van der Waals surface area (Å²) in [5.74, 6) is 0.346. The number of rotatable bonds is 7. The first-order chi connectivity index (χ1) is 7.66. The van der Waals surface area contributed by atoms with E-state index in [1.165, 1.54) is 30.8 Å². The molecule has 1 aromatic heterocycles. The van der Waals surface area contributed by atoms with Gasteiger partial charge in [-0.25, -0.2) is 0 Å². The number of aliphatic hydroxyl groups excluding tert-OH is 1. The maximum absolute atomic E-state index is 10.1. The van der Waals surface area contributed by atoms with Crippen molar-refractivity contribution >= 4 is 11.5 Å². The van der Waals surface area contributed by atoms with Gasteiger partial charge in [0.05, 0.1) is 16.7 Å². The molecule has 1 N–H and O–H groups in total. The molecule has 0 radical (unpaired) electrons. The first-order valence-electron chi connectivity index (χ1n) is 6.17. The van der Waals surface area contributed by atoms with Crippen LogP contribution in [0.5, 0.6) is 0 Å². The summed E-state index contributed by atoms with van der Waals surface area (Å²) in [5.41, 5.74) is 0.966. The SMILES string of the molecule is CCCCCCC(O)c1snnc1C(C)C. The lowest BCUT2D eigenvalue weighted by Crippen LogP contribution is -2.01. The molecule has 0 aliphatic carbocycles. The maximum Gasteiger partial charge on any atom is 0.0917 e. The van der Waals surface area contributed by atoms with Crippen LogP contribution in [-0.4, -0.2) is 14.7 Å². The van der Waals surface area contributed by atoms with Crippen LogP contribution in [0, 0.1) is 0 Å². The molecule has 0 spiro atoms. The Labute approximate surface area is 102 Å². The first-order valence-corrected chi connectivity index (χ1v) is 6.94. The molecule has 1 rings (SSSR count). The van der Waals surface area contributed by atoms with Gasteiger partial charge in [-0.15, -0.1) is 5.10 Å². The van der Waals surface area contributed by atoms with E-state index < -0.39 is 0 Å². The van der Waals surface area contributed by atoms with Crippen molar-refractivity contribution in [1.29, 1.82) is 0 Å². The Morgan fingerprint density at radius 2 is 2.00 bits per heavy atom. The van der Waals surface area contributed by atoms with E-state index in [0.717, 1.165) is 23.4 Å². The van der Waals surface area contributed by atoms with Crippen molar-refractivity contribution in [2.75, 3.05) is 0 Å². The number of aliphatic hydroxyl groups is 1. The van der Waals surface area contributed by atoms with Crippen molar-refractivity contribution in [1.82, 2.24) is 9.59 Å². The Balaban J connectivity index is 2.46. The highest BCUT2D eigenvalue weighted by molar-refractivity contribution is 7.05. The molecule has 0 aliphatic rings. The Bertz CT molecular complexity index is 299. The van der Waals surface area contributed by atoms with Gasteiger partial charge in [0.2, 0.25) is 0 Å². The summed E-state index contributed by atoms with van der Waals surface area (Å²) in [4.78, 5) is 0.964. The molecule has 92 valence electrons. The summed E-state index contributed by atoms with van der Waals surface area (Å²) in [6, 6.07) is 0. The highest BCUT2D eigenvalue weighted by Gasteiger charge is 2.18. The molecular weight excluding hydrogens is 220 g/mol. The highest BCUT2D eigenvalue weighted by atomic mass is 32.1. The van der Waals surface area contributed by atoms with Gasteiger partial charge in [-0.2, -0.15) is 0 Å². The quantitative estimate of drug-likeness (QED) is 0.742. The molecule has 0 saturated heterocycles. The molecule has 0 fully saturated rings. The molecule has 4 heteroatoms. The van der Waals surface area contributed by atoms with Crippen LogP contribution >= 0.6 is 11.5 Å². The van der Waals surface area contributed by atoms with Crippen LogP contribution in [0.1, 0.15) is 75.5 Å². The fraction of sp³-hybridized carbons (Fsp3) is 0.833. The Morgan fingerprint density at radius 3 is 2.62 bits per heavy atom. The van der Waals surface area contributed by atoms with Crippen LogP contribution in [0.25, 0.3) is 0 Å². The van der Waals surface area contributed by atoms with E-state index >= 15 is 0 Å². The lowest BCUT2D eigenvalue weighted by atomic mass is 10.0. The standard InChI is InChI=1S/C12H22N2OS/c1-4-5-6-7-8-10(15)12-11(9(2)3)13-14-16-12/h9-10,15H,4-8H2,1-3H3. The summed E-state index contributed by atoms with van der Waals surface area (Å²) in [5, 5.41) is 14.2. The first kappa shape index (κ1) is 13.6. The minimum atomic E-state index is -0.366. The van der Waals surface area contributed by atoms with E-state index in [2.05, 4.69) is 30.4 Å². The Hall–Kier alpha value is -0.480. The van der Waals surface area contributed by atoms with Gasteiger partial charge in [0.15, 0.2) is 0 Å². The van der Waals surface area contributed by atoms with Gasteiger partial charge < -0.3 is 5.11 Å². The van der Waals surface area contributed by atoms with Crippen molar-refractivity contribution in [3.8, 4) is 0 Å². The fourth-order valence-electron chi connectivity index (χ4n) is 1.73. The monoisotopic (exact) mass is 242 g/mol. The number of aromatic nitrogens is 2. The molecule has 0 amide bonds. The zero-order valence-corrected chi connectivity index (χ0v) is 11.3. The lowest BCUT2D eigenvalue weighted by Gasteiger charge is -2.10. The summed E-state index contributed by atoms with van der Waals surface area (Å²) in [7, 11) is 0. The van der Waals surface area contributed by atoms with Crippen LogP contribution in [-0.2, 0) is 0 Å². The van der Waals surface area contributed by atoms with E-state index in [-0.39, 0.29) is 6.10 Å². The third-order valence-corrected chi connectivity index (χ3v) is 3.56. The smallest absolute Gasteiger partial charge is 0.0917 e. The minimum absolute atomic E-state index is 0.346. The van der Waals surface area contributed by atoms with Gasteiger partial charge in [0.25, 0.3) is 0 Å². The normalized spacial score (nSPS) is 13.3. The molecule has 3 nitrogen and oxygen atoms in total. The number of hydrogen-bond donors (Lipinski definition) is 1. The molecule has 0 aromatic carbocycles. The van der Waals surface area contributed by atoms with E-state index in [4.69, 9.17) is 0 Å². The lowest BCUT2D eigenvalue weighted by molar-refractivity contribution is 0.165. The minimum Gasteiger partial charge on any atom is -0.387 e. The van der Waals surface area contributed by atoms with Crippen LogP contribution in [0.2, 0.25) is 0 Å². The summed E-state index contributed by atoms with van der Waals surface area (Å²) in [6.45, 7) is 6.37. The van der Waals surface area contributed by atoms with Gasteiger partial charge in [-0.05, 0) is 23.9 Å². The molecular formula is C12H22N2OS. The number of unbranched alkanes of at least 4 members (excludes halogenated alkanes) is 3. The number of nitrogens with zero attached hydrogens (tertiary/aromatic N) is 2. The second-order valence-corrected chi connectivity index (χ2v) is 5.33. The Morgan fingerprint density at radius 1 is 1.25 bits per heavy atom. The van der Waals surface area contributed by atoms with Gasteiger partial charge in [0, 0.05) is 0 Å². The zero-order chi connectivity index (χ0) is 12.0. The van der Waals surface area contributed by atoms with Gasteiger partial charge in [-0.3, -0.25) is 0 Å². The molecule has 0 aliphatic heterocycles. The molecule has 1 aromatic rings. The third kappa shape index (κ3) is 3.83. The van der Waals surface area contributed by atoms with Crippen LogP contribution in [0.3, 0.4) is 0 Å². The Kier molecular flexibility index (Phi) is 5.91. The second-order valence-electron chi connectivity index (χ2n) is 4.54. The maximum atomic E-state index is 10.1. The molecule has 1 unspecified atom stereocenters. The molecule has 0 bridgehead atoms. The molecule has 0 saturated carbocycles. The topological polar surface area (TPSA) is 46.0 Å². The van der Waals surface area contributed by atoms with Gasteiger partial charge >= 0.3 is 0 Å². The van der Waals surface area contributed by atoms with E-state index in [9.17, 15) is 5.11 Å². The third-order valence-electron chi connectivity index (χ3n) is 2.72. The van der Waals surface area contributed by atoms with Crippen molar-refractivity contribution in [3.05, 3.63) is 10.6 Å².